The van der Waals surface area contributed by atoms with Gasteiger partial charge in [-0.05, 0) is 35.4 Å². The van der Waals surface area contributed by atoms with Gasteiger partial charge >= 0.3 is 0 Å². The third-order valence-corrected chi connectivity index (χ3v) is 4.66. The molecule has 0 spiro atoms. The van der Waals surface area contributed by atoms with Crippen molar-refractivity contribution in [1.82, 2.24) is 0 Å². The van der Waals surface area contributed by atoms with Crippen molar-refractivity contribution in [2.45, 2.75) is 10.1 Å². The van der Waals surface area contributed by atoms with E-state index in [1.54, 1.807) is 0 Å². The summed E-state index contributed by atoms with van der Waals surface area (Å²) in [4.78, 5) is 1.22. The molecule has 1 nitrogen and oxygen atoms in total. The SMILES string of the molecule is Nc1ccc(SC(c2ccccc2)c2ccccc2)cc1. The van der Waals surface area contributed by atoms with Crippen LogP contribution in [0.25, 0.3) is 0 Å². The molecule has 0 saturated heterocycles. The minimum Gasteiger partial charge on any atom is -0.399 e. The summed E-state index contributed by atoms with van der Waals surface area (Å²) >= 11 is 1.85. The van der Waals surface area contributed by atoms with E-state index in [0.717, 1.165) is 5.69 Å². The third-order valence-electron chi connectivity index (χ3n) is 3.34. The second-order valence-electron chi connectivity index (χ2n) is 4.89. The summed E-state index contributed by atoms with van der Waals surface area (Å²) in [6.07, 6.45) is 0. The second-order valence-corrected chi connectivity index (χ2v) is 6.07. The smallest absolute Gasteiger partial charge is 0.0593 e. The van der Waals surface area contributed by atoms with Crippen molar-refractivity contribution in [3.05, 3.63) is 96.1 Å². The summed E-state index contributed by atoms with van der Waals surface area (Å²) < 4.78 is 0. The molecule has 0 atom stereocenters. The van der Waals surface area contributed by atoms with E-state index in [1.165, 1.54) is 16.0 Å². The average Bonchev–Trinajstić information content (AvgIpc) is 2.56. The van der Waals surface area contributed by atoms with Crippen molar-refractivity contribution in [2.24, 2.45) is 0 Å². The van der Waals surface area contributed by atoms with Crippen LogP contribution in [0.3, 0.4) is 0 Å². The van der Waals surface area contributed by atoms with Crippen LogP contribution in [-0.4, -0.2) is 0 Å². The highest BCUT2D eigenvalue weighted by Crippen LogP contribution is 2.40. The maximum absolute atomic E-state index is 5.77. The molecule has 2 heteroatoms. The molecule has 0 fully saturated rings. The zero-order valence-electron chi connectivity index (χ0n) is 11.6. The van der Waals surface area contributed by atoms with Crippen LogP contribution in [0.4, 0.5) is 5.69 Å². The highest BCUT2D eigenvalue weighted by molar-refractivity contribution is 7.99. The molecule has 21 heavy (non-hydrogen) atoms. The van der Waals surface area contributed by atoms with Gasteiger partial charge in [0.2, 0.25) is 0 Å². The van der Waals surface area contributed by atoms with E-state index < -0.39 is 0 Å². The number of nitrogen functional groups attached to an aromatic ring is 1. The van der Waals surface area contributed by atoms with E-state index in [-0.39, 0.29) is 5.25 Å². The maximum atomic E-state index is 5.77. The Kier molecular flexibility index (Phi) is 4.27. The van der Waals surface area contributed by atoms with Gasteiger partial charge in [0.05, 0.1) is 5.25 Å². The van der Waals surface area contributed by atoms with E-state index in [2.05, 4.69) is 72.8 Å². The Bertz CT molecular complexity index is 638. The summed E-state index contributed by atoms with van der Waals surface area (Å²) in [6, 6.07) is 29.3. The van der Waals surface area contributed by atoms with E-state index in [0.29, 0.717) is 0 Å². The second kappa shape index (κ2) is 6.51. The zero-order valence-corrected chi connectivity index (χ0v) is 12.5. The summed E-state index contributed by atoms with van der Waals surface area (Å²) in [7, 11) is 0. The topological polar surface area (TPSA) is 26.0 Å². The number of benzene rings is 3. The van der Waals surface area contributed by atoms with E-state index in [4.69, 9.17) is 5.73 Å². The van der Waals surface area contributed by atoms with Gasteiger partial charge < -0.3 is 5.73 Å². The molecular formula is C19H17NS. The largest absolute Gasteiger partial charge is 0.399 e. The Hall–Kier alpha value is -2.19. The van der Waals surface area contributed by atoms with Crippen molar-refractivity contribution >= 4 is 17.4 Å². The van der Waals surface area contributed by atoms with Crippen LogP contribution >= 0.6 is 11.8 Å². The van der Waals surface area contributed by atoms with Crippen molar-refractivity contribution in [1.29, 1.82) is 0 Å². The molecule has 3 aromatic rings. The molecule has 3 aromatic carbocycles. The first-order valence-electron chi connectivity index (χ1n) is 6.95. The highest BCUT2D eigenvalue weighted by Gasteiger charge is 2.15. The van der Waals surface area contributed by atoms with Crippen LogP contribution < -0.4 is 5.73 Å². The molecule has 0 radical (unpaired) electrons. The number of nitrogens with two attached hydrogens (primary N) is 1. The first-order valence-corrected chi connectivity index (χ1v) is 7.83. The Morgan fingerprint density at radius 1 is 0.619 bits per heavy atom. The Morgan fingerprint density at radius 2 is 1.10 bits per heavy atom. The van der Waals surface area contributed by atoms with Crippen molar-refractivity contribution < 1.29 is 0 Å². The van der Waals surface area contributed by atoms with Crippen molar-refractivity contribution in [3.8, 4) is 0 Å². The fourth-order valence-electron chi connectivity index (χ4n) is 2.27. The van der Waals surface area contributed by atoms with Gasteiger partial charge in [-0.3, -0.25) is 0 Å². The zero-order chi connectivity index (χ0) is 14.5. The number of hydrogen-bond acceptors (Lipinski definition) is 2. The first kappa shape index (κ1) is 13.8. The normalized spacial score (nSPS) is 10.7. The van der Waals surface area contributed by atoms with Gasteiger partial charge in [0, 0.05) is 10.6 Å². The Labute approximate surface area is 129 Å². The van der Waals surface area contributed by atoms with Gasteiger partial charge in [0.1, 0.15) is 0 Å². The monoisotopic (exact) mass is 291 g/mol. The lowest BCUT2D eigenvalue weighted by atomic mass is 10.0. The van der Waals surface area contributed by atoms with Crippen molar-refractivity contribution in [2.75, 3.05) is 5.73 Å². The summed E-state index contributed by atoms with van der Waals surface area (Å²) in [5, 5.41) is 0.288. The van der Waals surface area contributed by atoms with Crippen LogP contribution in [0.5, 0.6) is 0 Å². The molecule has 0 unspecified atom stereocenters. The fraction of sp³-hybridized carbons (Fsp3) is 0.0526. The lowest BCUT2D eigenvalue weighted by Crippen LogP contribution is -1.96. The highest BCUT2D eigenvalue weighted by atomic mass is 32.2. The first-order chi connectivity index (χ1) is 10.3. The molecule has 0 aliphatic rings. The van der Waals surface area contributed by atoms with E-state index in [1.807, 2.05) is 23.9 Å². The van der Waals surface area contributed by atoms with E-state index >= 15 is 0 Å². The molecule has 0 aliphatic heterocycles. The van der Waals surface area contributed by atoms with Crippen LogP contribution in [0.2, 0.25) is 0 Å². The maximum Gasteiger partial charge on any atom is 0.0593 e. The molecule has 0 amide bonds. The molecule has 2 N–H and O–H groups in total. The summed E-state index contributed by atoms with van der Waals surface area (Å²) in [6.45, 7) is 0. The van der Waals surface area contributed by atoms with Gasteiger partial charge in [-0.1, -0.05) is 60.7 Å². The van der Waals surface area contributed by atoms with Gasteiger partial charge in [0.25, 0.3) is 0 Å². The molecule has 0 aliphatic carbocycles. The standard InChI is InChI=1S/C19H17NS/c20-17-11-13-18(14-12-17)21-19(15-7-3-1-4-8-15)16-9-5-2-6-10-16/h1-14,19H,20H2. The number of thioether (sulfide) groups is 1. The molecular weight excluding hydrogens is 274 g/mol. The van der Waals surface area contributed by atoms with Crippen LogP contribution in [0, 0.1) is 0 Å². The van der Waals surface area contributed by atoms with Crippen molar-refractivity contribution in [3.63, 3.8) is 0 Å². The molecule has 3 rings (SSSR count). The Balaban J connectivity index is 1.95. The fourth-order valence-corrected chi connectivity index (χ4v) is 3.42. The van der Waals surface area contributed by atoms with Gasteiger partial charge in [-0.15, -0.1) is 11.8 Å². The number of rotatable bonds is 4. The number of anilines is 1. The molecule has 0 heterocycles. The lowest BCUT2D eigenvalue weighted by molar-refractivity contribution is 1.15. The van der Waals surface area contributed by atoms with Gasteiger partial charge in [0.15, 0.2) is 0 Å². The van der Waals surface area contributed by atoms with Crippen LogP contribution in [0.15, 0.2) is 89.8 Å². The van der Waals surface area contributed by atoms with Crippen LogP contribution in [-0.2, 0) is 0 Å². The molecule has 0 aromatic heterocycles. The lowest BCUT2D eigenvalue weighted by Gasteiger charge is -2.17. The molecule has 104 valence electrons. The number of hydrogen-bond donors (Lipinski definition) is 1. The van der Waals surface area contributed by atoms with Gasteiger partial charge in [-0.25, -0.2) is 0 Å². The van der Waals surface area contributed by atoms with Crippen LogP contribution in [0.1, 0.15) is 16.4 Å². The molecule has 0 saturated carbocycles. The van der Waals surface area contributed by atoms with E-state index in [9.17, 15) is 0 Å². The quantitative estimate of drug-likeness (QED) is 0.531. The third kappa shape index (κ3) is 3.47. The molecule has 0 bridgehead atoms. The minimum absolute atomic E-state index is 0.288. The average molecular weight is 291 g/mol. The summed E-state index contributed by atoms with van der Waals surface area (Å²) in [5.41, 5.74) is 9.19. The minimum atomic E-state index is 0.288. The summed E-state index contributed by atoms with van der Waals surface area (Å²) in [5.74, 6) is 0. The Morgan fingerprint density at radius 3 is 1.57 bits per heavy atom. The predicted octanol–water partition coefficient (Wildman–Crippen LogP) is 5.15. The van der Waals surface area contributed by atoms with Gasteiger partial charge in [-0.2, -0.15) is 0 Å². The predicted molar refractivity (Wildman–Crippen MR) is 91.4 cm³/mol.